The maximum absolute atomic E-state index is 9.78. The molecule has 1 aliphatic carbocycles. The fourth-order valence-corrected chi connectivity index (χ4v) is 2.24. The summed E-state index contributed by atoms with van der Waals surface area (Å²) >= 11 is 23.0. The van der Waals surface area contributed by atoms with Crippen molar-refractivity contribution in [2.24, 2.45) is 0 Å². The highest BCUT2D eigenvalue weighted by molar-refractivity contribution is 6.47. The number of hydrogen-bond donors (Lipinski definition) is 2. The van der Waals surface area contributed by atoms with Crippen molar-refractivity contribution in [1.82, 2.24) is 0 Å². The Balaban J connectivity index is 3.48. The maximum Gasteiger partial charge on any atom is 0.209 e. The minimum Gasteiger partial charge on any atom is -0.368 e. The van der Waals surface area contributed by atoms with Gasteiger partial charge in [0.15, 0.2) is 0 Å². The molecular weight excluding hydrogens is 270 g/mol. The van der Waals surface area contributed by atoms with E-state index in [1.54, 1.807) is 0 Å². The lowest BCUT2D eigenvalue weighted by Gasteiger charge is -2.39. The summed E-state index contributed by atoms with van der Waals surface area (Å²) < 4.78 is 0. The van der Waals surface area contributed by atoms with Crippen LogP contribution in [0.25, 0.3) is 0 Å². The second kappa shape index (κ2) is 3.55. The standard InChI is InChI=1S/C8H8Cl4O2/c1-3-5(9)6(10)4(2)8(12,14)7(3,11)13/h13-14H,1-2H3. The predicted molar refractivity (Wildman–Crippen MR) is 58.7 cm³/mol. The topological polar surface area (TPSA) is 40.5 Å². The van der Waals surface area contributed by atoms with Crippen molar-refractivity contribution < 1.29 is 10.2 Å². The monoisotopic (exact) mass is 276 g/mol. The third-order valence-electron chi connectivity index (χ3n) is 2.28. The zero-order valence-corrected chi connectivity index (χ0v) is 10.4. The maximum atomic E-state index is 9.78. The molecule has 14 heavy (non-hydrogen) atoms. The number of rotatable bonds is 0. The molecule has 0 spiro atoms. The molecule has 2 N–H and O–H groups in total. The summed E-state index contributed by atoms with van der Waals surface area (Å²) in [7, 11) is 0. The van der Waals surface area contributed by atoms with Gasteiger partial charge in [-0.05, 0) is 25.0 Å². The Bertz CT molecular complexity index is 307. The van der Waals surface area contributed by atoms with Crippen LogP contribution in [0, 0.1) is 0 Å². The summed E-state index contributed by atoms with van der Waals surface area (Å²) in [6.45, 7) is 2.88. The Labute approximate surface area is 102 Å². The van der Waals surface area contributed by atoms with E-state index in [2.05, 4.69) is 0 Å². The van der Waals surface area contributed by atoms with Crippen LogP contribution in [0.3, 0.4) is 0 Å². The molecule has 0 aliphatic heterocycles. The van der Waals surface area contributed by atoms with Crippen molar-refractivity contribution in [3.05, 3.63) is 21.2 Å². The van der Waals surface area contributed by atoms with Crippen molar-refractivity contribution in [3.63, 3.8) is 0 Å². The van der Waals surface area contributed by atoms with E-state index in [0.29, 0.717) is 0 Å². The fraction of sp³-hybridized carbons (Fsp3) is 0.500. The summed E-state index contributed by atoms with van der Waals surface area (Å²) in [6.07, 6.45) is 0. The largest absolute Gasteiger partial charge is 0.368 e. The summed E-state index contributed by atoms with van der Waals surface area (Å²) in [5, 5.41) is 15.5. The van der Waals surface area contributed by atoms with Crippen LogP contribution in [0.15, 0.2) is 21.2 Å². The lowest BCUT2D eigenvalue weighted by atomic mass is 9.92. The van der Waals surface area contributed by atoms with Crippen LogP contribution < -0.4 is 0 Å². The van der Waals surface area contributed by atoms with Gasteiger partial charge in [-0.25, -0.2) is 0 Å². The molecular formula is C8H8Cl4O2. The van der Waals surface area contributed by atoms with E-state index in [1.165, 1.54) is 13.8 Å². The summed E-state index contributed by atoms with van der Waals surface area (Å²) in [5.74, 6) is 0. The molecule has 0 radical (unpaired) electrons. The van der Waals surface area contributed by atoms with Crippen molar-refractivity contribution in [3.8, 4) is 0 Å². The predicted octanol–water partition coefficient (Wildman–Crippen LogP) is 2.88. The van der Waals surface area contributed by atoms with Gasteiger partial charge in [0, 0.05) is 0 Å². The summed E-state index contributed by atoms with van der Waals surface area (Å²) in [6, 6.07) is 0. The zero-order chi connectivity index (χ0) is 11.3. The van der Waals surface area contributed by atoms with Gasteiger partial charge in [0.25, 0.3) is 0 Å². The molecule has 1 rings (SSSR count). The van der Waals surface area contributed by atoms with Crippen LogP contribution in [0.4, 0.5) is 0 Å². The van der Waals surface area contributed by atoms with E-state index >= 15 is 0 Å². The molecule has 6 heteroatoms. The number of alkyl halides is 2. The van der Waals surface area contributed by atoms with E-state index in [-0.39, 0.29) is 21.2 Å². The second-order valence-electron chi connectivity index (χ2n) is 3.12. The van der Waals surface area contributed by atoms with E-state index in [1.807, 2.05) is 0 Å². The molecule has 0 amide bonds. The van der Waals surface area contributed by atoms with Crippen LogP contribution in [-0.4, -0.2) is 20.3 Å². The van der Waals surface area contributed by atoms with Crippen molar-refractivity contribution in [1.29, 1.82) is 0 Å². The van der Waals surface area contributed by atoms with E-state index in [0.717, 1.165) is 0 Å². The molecule has 0 aromatic rings. The van der Waals surface area contributed by atoms with Gasteiger partial charge in [-0.1, -0.05) is 46.4 Å². The summed E-state index contributed by atoms with van der Waals surface area (Å²) in [4.78, 5) is 0. The van der Waals surface area contributed by atoms with Crippen LogP contribution in [0.5, 0.6) is 0 Å². The Kier molecular flexibility index (Phi) is 3.20. The molecule has 1 aliphatic rings. The zero-order valence-electron chi connectivity index (χ0n) is 7.41. The number of halogens is 4. The van der Waals surface area contributed by atoms with Crippen LogP contribution >= 0.6 is 46.4 Å². The fourth-order valence-electron chi connectivity index (χ4n) is 1.12. The molecule has 0 bridgehead atoms. The Morgan fingerprint density at radius 1 is 0.857 bits per heavy atom. The number of aliphatic hydroxyl groups is 2. The first kappa shape index (κ1) is 12.6. The van der Waals surface area contributed by atoms with Crippen molar-refractivity contribution >= 4 is 46.4 Å². The van der Waals surface area contributed by atoms with Gasteiger partial charge in [-0.15, -0.1) is 0 Å². The molecule has 2 nitrogen and oxygen atoms in total. The van der Waals surface area contributed by atoms with Gasteiger partial charge in [0.1, 0.15) is 0 Å². The van der Waals surface area contributed by atoms with Gasteiger partial charge >= 0.3 is 0 Å². The van der Waals surface area contributed by atoms with Gasteiger partial charge < -0.3 is 10.2 Å². The molecule has 0 aromatic heterocycles. The molecule has 0 heterocycles. The van der Waals surface area contributed by atoms with Crippen molar-refractivity contribution in [2.75, 3.05) is 0 Å². The first-order valence-corrected chi connectivity index (χ1v) is 5.22. The van der Waals surface area contributed by atoms with Gasteiger partial charge in [-0.2, -0.15) is 0 Å². The second-order valence-corrected chi connectivity index (χ2v) is 4.97. The van der Waals surface area contributed by atoms with Gasteiger partial charge in [0.05, 0.1) is 10.1 Å². The third-order valence-corrected chi connectivity index (χ3v) is 4.54. The average molecular weight is 278 g/mol. The highest BCUT2D eigenvalue weighted by atomic mass is 35.5. The smallest absolute Gasteiger partial charge is 0.209 e. The van der Waals surface area contributed by atoms with Crippen LogP contribution in [-0.2, 0) is 0 Å². The number of hydrogen-bond acceptors (Lipinski definition) is 2. The molecule has 2 atom stereocenters. The summed E-state index contributed by atoms with van der Waals surface area (Å²) in [5.41, 5.74) is 0.239. The van der Waals surface area contributed by atoms with Gasteiger partial charge in [-0.3, -0.25) is 0 Å². The molecule has 0 fully saturated rings. The normalized spacial score (nSPS) is 39.4. The highest BCUT2D eigenvalue weighted by Crippen LogP contribution is 2.50. The Morgan fingerprint density at radius 2 is 1.07 bits per heavy atom. The molecule has 0 saturated carbocycles. The SMILES string of the molecule is CC1=C(Cl)C(Cl)=C(C)C(O)(Cl)C1(O)Cl. The van der Waals surface area contributed by atoms with Crippen LogP contribution in [0.1, 0.15) is 13.8 Å². The number of allylic oxidation sites excluding steroid dienone is 2. The molecule has 0 saturated heterocycles. The highest BCUT2D eigenvalue weighted by Gasteiger charge is 2.54. The quantitative estimate of drug-likeness (QED) is 0.669. The minimum atomic E-state index is -2.14. The van der Waals surface area contributed by atoms with E-state index < -0.39 is 10.1 Å². The lowest BCUT2D eigenvalue weighted by molar-refractivity contribution is 0.00129. The first-order chi connectivity index (χ1) is 6.14. The van der Waals surface area contributed by atoms with Gasteiger partial charge in [0.2, 0.25) is 10.1 Å². The average Bonchev–Trinajstić information content (AvgIpc) is 2.10. The molecule has 0 aromatic carbocycles. The van der Waals surface area contributed by atoms with E-state index in [9.17, 15) is 10.2 Å². The first-order valence-electron chi connectivity index (χ1n) is 3.70. The molecule has 80 valence electrons. The van der Waals surface area contributed by atoms with E-state index in [4.69, 9.17) is 46.4 Å². The Hall–Kier alpha value is 0.560. The van der Waals surface area contributed by atoms with Crippen LogP contribution in [0.2, 0.25) is 0 Å². The molecule has 2 unspecified atom stereocenters. The van der Waals surface area contributed by atoms with Crippen molar-refractivity contribution in [2.45, 2.75) is 24.0 Å². The minimum absolute atomic E-state index is 0.104. The lowest BCUT2D eigenvalue weighted by Crippen LogP contribution is -2.50. The Morgan fingerprint density at radius 3 is 1.29 bits per heavy atom. The third kappa shape index (κ3) is 1.49.